The van der Waals surface area contributed by atoms with Crippen molar-refractivity contribution in [2.45, 2.75) is 11.7 Å². The molecule has 0 unspecified atom stereocenters. The van der Waals surface area contributed by atoms with E-state index in [9.17, 15) is 18.0 Å². The Morgan fingerprint density at radius 1 is 1.43 bits per heavy atom. The molecule has 0 fully saturated rings. The minimum absolute atomic E-state index is 0.00165. The van der Waals surface area contributed by atoms with Crippen molar-refractivity contribution in [3.05, 3.63) is 59.2 Å². The predicted molar refractivity (Wildman–Crippen MR) is 93.4 cm³/mol. The van der Waals surface area contributed by atoms with E-state index in [0.29, 0.717) is 0 Å². The van der Waals surface area contributed by atoms with Gasteiger partial charge in [0.2, 0.25) is 0 Å². The van der Waals surface area contributed by atoms with Crippen LogP contribution in [0.1, 0.15) is 21.6 Å². The summed E-state index contributed by atoms with van der Waals surface area (Å²) in [5.74, 6) is -1.56. The van der Waals surface area contributed by atoms with Gasteiger partial charge >= 0.3 is 0 Å². The summed E-state index contributed by atoms with van der Waals surface area (Å²) in [6.07, 6.45) is -0.763. The molecule has 0 spiro atoms. The van der Waals surface area contributed by atoms with Gasteiger partial charge in [-0.1, -0.05) is 0 Å². The quantitative estimate of drug-likeness (QED) is 0.832. The molecule has 3 N–H and O–H groups in total. The van der Waals surface area contributed by atoms with Crippen molar-refractivity contribution < 1.29 is 22.7 Å². The number of nitriles is 1. The van der Waals surface area contributed by atoms with Gasteiger partial charge in [-0.2, -0.15) is 5.26 Å². The lowest BCUT2D eigenvalue weighted by atomic mass is 9.86. The molecular formula is C18H14F3N5O2. The number of nitrogens with two attached hydrogens (primary N) is 1. The lowest BCUT2D eigenvalue weighted by molar-refractivity contribution is 0.0664. The molecule has 2 heterocycles. The van der Waals surface area contributed by atoms with E-state index >= 15 is 0 Å². The fourth-order valence-electron chi connectivity index (χ4n) is 2.73. The van der Waals surface area contributed by atoms with E-state index in [0.717, 1.165) is 12.1 Å². The Kier molecular flexibility index (Phi) is 5.17. The van der Waals surface area contributed by atoms with Crippen LogP contribution < -0.4 is 11.1 Å². The number of carbonyl (C=O) groups excluding carboxylic acids is 1. The summed E-state index contributed by atoms with van der Waals surface area (Å²) < 4.78 is 47.4. The molecule has 10 heteroatoms. The molecular weight excluding hydrogens is 375 g/mol. The summed E-state index contributed by atoms with van der Waals surface area (Å²) in [5, 5.41) is 11.2. The number of benzene rings is 1. The van der Waals surface area contributed by atoms with E-state index in [-0.39, 0.29) is 16.9 Å². The van der Waals surface area contributed by atoms with Crippen LogP contribution >= 0.6 is 0 Å². The monoisotopic (exact) mass is 389 g/mol. The number of pyridine rings is 1. The second-order valence-electron chi connectivity index (χ2n) is 5.98. The van der Waals surface area contributed by atoms with Gasteiger partial charge in [0.15, 0.2) is 11.7 Å². The fraction of sp³-hybridized carbons (Fsp3) is 0.222. The molecule has 1 aliphatic heterocycles. The molecule has 28 heavy (non-hydrogen) atoms. The first-order valence-electron chi connectivity index (χ1n) is 8.05. The van der Waals surface area contributed by atoms with E-state index in [1.54, 1.807) is 0 Å². The van der Waals surface area contributed by atoms with Crippen LogP contribution in [0.3, 0.4) is 0 Å². The second kappa shape index (κ2) is 7.56. The van der Waals surface area contributed by atoms with Crippen LogP contribution in [-0.4, -0.2) is 36.4 Å². The molecule has 0 saturated carbocycles. The number of amides is 1. The van der Waals surface area contributed by atoms with Crippen molar-refractivity contribution in [2.75, 3.05) is 18.6 Å². The van der Waals surface area contributed by atoms with Crippen LogP contribution in [0.5, 0.6) is 0 Å². The number of ether oxygens (including phenoxy) is 1. The third kappa shape index (κ3) is 3.46. The van der Waals surface area contributed by atoms with Crippen molar-refractivity contribution >= 4 is 17.6 Å². The Balaban J connectivity index is 1.94. The van der Waals surface area contributed by atoms with Crippen molar-refractivity contribution in [1.82, 2.24) is 4.98 Å². The zero-order valence-corrected chi connectivity index (χ0v) is 14.3. The first-order valence-corrected chi connectivity index (χ1v) is 8.05. The normalized spacial score (nSPS) is 21.2. The molecule has 0 bridgehead atoms. The smallest absolute Gasteiger partial charge is 0.283 e. The van der Waals surface area contributed by atoms with Gasteiger partial charge in [0.1, 0.15) is 30.9 Å². The third-order valence-corrected chi connectivity index (χ3v) is 4.23. The van der Waals surface area contributed by atoms with Gasteiger partial charge in [0.05, 0.1) is 5.56 Å². The highest BCUT2D eigenvalue weighted by molar-refractivity contribution is 6.02. The van der Waals surface area contributed by atoms with Gasteiger partial charge in [-0.15, -0.1) is 0 Å². The molecule has 1 aromatic heterocycles. The van der Waals surface area contributed by atoms with Crippen LogP contribution in [0.25, 0.3) is 0 Å². The highest BCUT2D eigenvalue weighted by Crippen LogP contribution is 2.38. The van der Waals surface area contributed by atoms with Gasteiger partial charge in [-0.25, -0.2) is 23.1 Å². The van der Waals surface area contributed by atoms with Crippen LogP contribution in [0, 0.1) is 17.1 Å². The number of alkyl halides is 2. The highest BCUT2D eigenvalue weighted by Gasteiger charge is 2.47. The molecule has 0 radical (unpaired) electrons. The van der Waals surface area contributed by atoms with Crippen molar-refractivity contribution in [3.63, 3.8) is 0 Å². The fourth-order valence-corrected chi connectivity index (χ4v) is 2.73. The van der Waals surface area contributed by atoms with Crippen molar-refractivity contribution in [3.8, 4) is 6.07 Å². The molecule has 3 rings (SSSR count). The van der Waals surface area contributed by atoms with Gasteiger partial charge in [-0.3, -0.25) is 4.79 Å². The maximum absolute atomic E-state index is 14.5. The predicted octanol–water partition coefficient (Wildman–Crippen LogP) is 2.19. The largest absolute Gasteiger partial charge is 0.462 e. The summed E-state index contributed by atoms with van der Waals surface area (Å²) in [7, 11) is 0. The minimum Gasteiger partial charge on any atom is -0.462 e. The zero-order valence-electron chi connectivity index (χ0n) is 14.3. The van der Waals surface area contributed by atoms with Gasteiger partial charge < -0.3 is 15.8 Å². The highest BCUT2D eigenvalue weighted by atomic mass is 19.1. The number of aromatic nitrogens is 1. The summed E-state index contributed by atoms with van der Waals surface area (Å²) in [6, 6.07) is 7.43. The molecule has 7 nitrogen and oxygen atoms in total. The van der Waals surface area contributed by atoms with Crippen LogP contribution in [0.2, 0.25) is 0 Å². The number of nitrogens with one attached hydrogen (secondary N) is 1. The first-order chi connectivity index (χ1) is 13.4. The van der Waals surface area contributed by atoms with E-state index in [2.05, 4.69) is 15.3 Å². The Labute approximate surface area is 157 Å². The van der Waals surface area contributed by atoms with Gasteiger partial charge in [-0.05, 0) is 30.3 Å². The van der Waals surface area contributed by atoms with Crippen LogP contribution in [-0.2, 0) is 10.3 Å². The summed E-state index contributed by atoms with van der Waals surface area (Å²) in [5.41, 5.74) is 3.16. The maximum atomic E-state index is 14.5. The Morgan fingerprint density at radius 3 is 2.86 bits per heavy atom. The van der Waals surface area contributed by atoms with Crippen molar-refractivity contribution in [2.24, 2.45) is 10.7 Å². The Bertz CT molecular complexity index is 974. The topological polar surface area (TPSA) is 113 Å². The van der Waals surface area contributed by atoms with Crippen LogP contribution in [0.15, 0.2) is 41.5 Å². The number of hydrogen-bond acceptors (Lipinski definition) is 6. The van der Waals surface area contributed by atoms with E-state index in [4.69, 9.17) is 15.7 Å². The van der Waals surface area contributed by atoms with Crippen LogP contribution in [0.4, 0.5) is 18.9 Å². The zero-order chi connectivity index (χ0) is 20.3. The molecule has 1 amide bonds. The van der Waals surface area contributed by atoms with E-state index in [1.165, 1.54) is 24.4 Å². The van der Waals surface area contributed by atoms with Crippen molar-refractivity contribution in [1.29, 1.82) is 5.26 Å². The average molecular weight is 389 g/mol. The molecule has 144 valence electrons. The Morgan fingerprint density at radius 2 is 2.21 bits per heavy atom. The third-order valence-electron chi connectivity index (χ3n) is 4.23. The molecule has 0 aliphatic carbocycles. The number of hydrogen-bond donors (Lipinski definition) is 2. The summed E-state index contributed by atoms with van der Waals surface area (Å²) >= 11 is 0. The van der Waals surface area contributed by atoms with E-state index < -0.39 is 48.3 Å². The Hall–Kier alpha value is -3.61. The maximum Gasteiger partial charge on any atom is 0.283 e. The second-order valence-corrected chi connectivity index (χ2v) is 5.98. The number of amidine groups is 1. The number of rotatable bonds is 4. The summed E-state index contributed by atoms with van der Waals surface area (Å²) in [4.78, 5) is 19.8. The number of anilines is 1. The first kappa shape index (κ1) is 19.2. The summed E-state index contributed by atoms with van der Waals surface area (Å²) in [6.45, 7) is -1.94. The van der Waals surface area contributed by atoms with Gasteiger partial charge in [0, 0.05) is 17.4 Å². The standard InChI is InChI=1S/C18H14F3N5O2/c19-9-18(15(21)8-28-17(23)26-18)12-5-11(2-3-13(12)20)25-16(27)14-4-1-10(6-22)7-24-14/h1-5,7,15H,8-9H2,(H2,23,26)(H,25,27)/t15-,18-/m1/s1. The number of halogens is 3. The number of aliphatic imine (C=N–C) groups is 1. The molecule has 2 aromatic rings. The molecule has 1 aromatic carbocycles. The van der Waals surface area contributed by atoms with Gasteiger partial charge in [0.25, 0.3) is 11.9 Å². The molecule has 1 aliphatic rings. The van der Waals surface area contributed by atoms with E-state index in [1.807, 2.05) is 6.07 Å². The average Bonchev–Trinajstić information content (AvgIpc) is 2.71. The minimum atomic E-state index is -2.21. The lowest BCUT2D eigenvalue weighted by Crippen LogP contribution is -2.47. The molecule has 2 atom stereocenters. The number of nitrogens with zero attached hydrogens (tertiary/aromatic N) is 3. The molecule has 0 saturated heterocycles. The SMILES string of the molecule is N#Cc1ccc(C(=O)Nc2ccc(F)c([C@@]3(CF)N=C(N)OC[C@H]3F)c2)nc1. The number of carbonyl (C=O) groups is 1. The lowest BCUT2D eigenvalue weighted by Gasteiger charge is -2.34.